The van der Waals surface area contributed by atoms with E-state index in [1.54, 1.807) is 18.2 Å². The zero-order valence-corrected chi connectivity index (χ0v) is 13.8. The van der Waals surface area contributed by atoms with Gasteiger partial charge in [0, 0.05) is 24.0 Å². The first kappa shape index (κ1) is 16.5. The van der Waals surface area contributed by atoms with Crippen molar-refractivity contribution in [1.82, 2.24) is 4.31 Å². The molecule has 2 rings (SSSR count). The molecule has 0 atom stereocenters. The second-order valence-corrected chi connectivity index (χ2v) is 7.81. The summed E-state index contributed by atoms with van der Waals surface area (Å²) in [5.41, 5.74) is 0.423. The van der Waals surface area contributed by atoms with Crippen LogP contribution in [0.15, 0.2) is 18.2 Å². The van der Waals surface area contributed by atoms with Gasteiger partial charge in [-0.15, -0.1) is 0 Å². The van der Waals surface area contributed by atoms with Crippen molar-refractivity contribution >= 4 is 44.8 Å². The van der Waals surface area contributed by atoms with E-state index < -0.39 is 10.0 Å². The van der Waals surface area contributed by atoms with Gasteiger partial charge in [0.25, 0.3) is 0 Å². The Bertz CT molecular complexity index is 645. The number of halogens is 2. The van der Waals surface area contributed by atoms with Crippen molar-refractivity contribution in [3.8, 4) is 0 Å². The molecule has 0 saturated heterocycles. The summed E-state index contributed by atoms with van der Waals surface area (Å²) in [7, 11) is -3.28. The molecule has 1 aliphatic rings. The Hall–Kier alpha value is -0.820. The van der Waals surface area contributed by atoms with Crippen LogP contribution in [0.1, 0.15) is 19.3 Å². The van der Waals surface area contributed by atoms with E-state index in [-0.39, 0.29) is 24.9 Å². The van der Waals surface area contributed by atoms with Crippen molar-refractivity contribution in [1.29, 1.82) is 0 Å². The molecule has 116 valence electrons. The third kappa shape index (κ3) is 4.85. The van der Waals surface area contributed by atoms with Gasteiger partial charge in [-0.05, 0) is 31.0 Å². The first-order chi connectivity index (χ1) is 9.77. The van der Waals surface area contributed by atoms with Gasteiger partial charge in [0.15, 0.2) is 0 Å². The van der Waals surface area contributed by atoms with Crippen molar-refractivity contribution in [2.45, 2.75) is 25.3 Å². The van der Waals surface area contributed by atoms with Crippen LogP contribution in [-0.4, -0.2) is 37.5 Å². The van der Waals surface area contributed by atoms with Crippen LogP contribution in [0, 0.1) is 0 Å². The van der Waals surface area contributed by atoms with Crippen LogP contribution in [0.3, 0.4) is 0 Å². The molecule has 0 spiro atoms. The van der Waals surface area contributed by atoms with E-state index in [1.807, 2.05) is 0 Å². The Morgan fingerprint density at radius 3 is 2.62 bits per heavy atom. The van der Waals surface area contributed by atoms with Crippen LogP contribution in [0.4, 0.5) is 5.69 Å². The molecule has 0 aliphatic heterocycles. The number of rotatable bonds is 6. The van der Waals surface area contributed by atoms with Crippen molar-refractivity contribution in [3.05, 3.63) is 28.2 Å². The predicted octanol–water partition coefficient (Wildman–Crippen LogP) is 2.75. The summed E-state index contributed by atoms with van der Waals surface area (Å²) in [5.74, 6) is -0.298. The van der Waals surface area contributed by atoms with Gasteiger partial charge in [-0.3, -0.25) is 4.79 Å². The lowest BCUT2D eigenvalue weighted by atomic mass is 10.3. The molecule has 1 saturated carbocycles. The summed E-state index contributed by atoms with van der Waals surface area (Å²) >= 11 is 11.8. The molecule has 0 radical (unpaired) electrons. The molecule has 1 fully saturated rings. The SMILES string of the molecule is CS(=O)(=O)N(CCC(=O)Nc1cc(Cl)ccc1Cl)C1CC1. The van der Waals surface area contributed by atoms with Crippen molar-refractivity contribution < 1.29 is 13.2 Å². The zero-order valence-electron chi connectivity index (χ0n) is 11.5. The Morgan fingerprint density at radius 1 is 1.38 bits per heavy atom. The first-order valence-electron chi connectivity index (χ1n) is 6.49. The summed E-state index contributed by atoms with van der Waals surface area (Å²) < 4.78 is 24.7. The summed E-state index contributed by atoms with van der Waals surface area (Å²) in [6, 6.07) is 4.81. The zero-order chi connectivity index (χ0) is 15.6. The lowest BCUT2D eigenvalue weighted by Crippen LogP contribution is -2.34. The maximum absolute atomic E-state index is 11.9. The van der Waals surface area contributed by atoms with E-state index in [0.29, 0.717) is 15.7 Å². The predicted molar refractivity (Wildman–Crippen MR) is 84.3 cm³/mol. The lowest BCUT2D eigenvalue weighted by molar-refractivity contribution is -0.116. The molecule has 1 aromatic rings. The van der Waals surface area contributed by atoms with Crippen LogP contribution in [-0.2, 0) is 14.8 Å². The van der Waals surface area contributed by atoms with Gasteiger partial charge >= 0.3 is 0 Å². The Labute approximate surface area is 134 Å². The van der Waals surface area contributed by atoms with E-state index in [1.165, 1.54) is 4.31 Å². The van der Waals surface area contributed by atoms with E-state index in [2.05, 4.69) is 5.32 Å². The number of sulfonamides is 1. The number of anilines is 1. The molecule has 0 bridgehead atoms. The first-order valence-corrected chi connectivity index (χ1v) is 9.09. The molecule has 21 heavy (non-hydrogen) atoms. The number of nitrogens with one attached hydrogen (secondary N) is 1. The molecule has 1 N–H and O–H groups in total. The number of nitrogens with zero attached hydrogens (tertiary/aromatic N) is 1. The van der Waals surface area contributed by atoms with Gasteiger partial charge in [0.1, 0.15) is 0 Å². The second-order valence-electron chi connectivity index (χ2n) is 5.03. The highest BCUT2D eigenvalue weighted by Crippen LogP contribution is 2.29. The average Bonchev–Trinajstić information content (AvgIpc) is 3.17. The van der Waals surface area contributed by atoms with E-state index in [4.69, 9.17) is 23.2 Å². The highest BCUT2D eigenvalue weighted by atomic mass is 35.5. The quantitative estimate of drug-likeness (QED) is 0.857. The fourth-order valence-corrected chi connectivity index (χ4v) is 3.51. The number of amides is 1. The number of carbonyl (C=O) groups is 1. The third-order valence-electron chi connectivity index (χ3n) is 3.14. The topological polar surface area (TPSA) is 66.5 Å². The maximum atomic E-state index is 11.9. The Balaban J connectivity index is 1.94. The van der Waals surface area contributed by atoms with Gasteiger partial charge in [0.2, 0.25) is 15.9 Å². The van der Waals surface area contributed by atoms with Crippen LogP contribution in [0.5, 0.6) is 0 Å². The van der Waals surface area contributed by atoms with Gasteiger partial charge in [0.05, 0.1) is 17.0 Å². The highest BCUT2D eigenvalue weighted by Gasteiger charge is 2.34. The fourth-order valence-electron chi connectivity index (χ4n) is 2.00. The van der Waals surface area contributed by atoms with Gasteiger partial charge in [-0.25, -0.2) is 8.42 Å². The van der Waals surface area contributed by atoms with Gasteiger partial charge < -0.3 is 5.32 Å². The van der Waals surface area contributed by atoms with Crippen LogP contribution in [0.25, 0.3) is 0 Å². The summed E-state index contributed by atoms with van der Waals surface area (Å²) in [6.45, 7) is 0.174. The highest BCUT2D eigenvalue weighted by molar-refractivity contribution is 7.88. The minimum atomic E-state index is -3.28. The molecule has 0 heterocycles. The number of carbonyl (C=O) groups excluding carboxylic acids is 1. The molecule has 1 amide bonds. The van der Waals surface area contributed by atoms with Crippen molar-refractivity contribution in [3.63, 3.8) is 0 Å². The fraction of sp³-hybridized carbons (Fsp3) is 0.462. The Morgan fingerprint density at radius 2 is 2.05 bits per heavy atom. The van der Waals surface area contributed by atoms with E-state index in [9.17, 15) is 13.2 Å². The molecular formula is C13H16Cl2N2O3S. The van der Waals surface area contributed by atoms with Crippen LogP contribution in [0.2, 0.25) is 10.0 Å². The second kappa shape index (κ2) is 6.52. The molecule has 1 aromatic carbocycles. The monoisotopic (exact) mass is 350 g/mol. The summed E-state index contributed by atoms with van der Waals surface area (Å²) in [4.78, 5) is 11.9. The minimum Gasteiger partial charge on any atom is -0.325 e. The minimum absolute atomic E-state index is 0.0440. The average molecular weight is 351 g/mol. The van der Waals surface area contributed by atoms with Gasteiger partial charge in [-0.1, -0.05) is 23.2 Å². The molecule has 0 aromatic heterocycles. The summed E-state index contributed by atoms with van der Waals surface area (Å²) in [6.07, 6.45) is 2.95. The van der Waals surface area contributed by atoms with Gasteiger partial charge in [-0.2, -0.15) is 4.31 Å². The smallest absolute Gasteiger partial charge is 0.225 e. The standard InChI is InChI=1S/C13H16Cl2N2O3S/c1-21(19,20)17(10-3-4-10)7-6-13(18)16-12-8-9(14)2-5-11(12)15/h2,5,8,10H,3-4,6-7H2,1H3,(H,16,18). The van der Waals surface area contributed by atoms with E-state index in [0.717, 1.165) is 19.1 Å². The molecule has 1 aliphatic carbocycles. The van der Waals surface area contributed by atoms with Crippen LogP contribution >= 0.6 is 23.2 Å². The molecule has 0 unspecified atom stereocenters. The van der Waals surface area contributed by atoms with Crippen LogP contribution < -0.4 is 5.32 Å². The number of hydrogen-bond acceptors (Lipinski definition) is 3. The lowest BCUT2D eigenvalue weighted by Gasteiger charge is -2.19. The maximum Gasteiger partial charge on any atom is 0.225 e. The van der Waals surface area contributed by atoms with Crippen molar-refractivity contribution in [2.75, 3.05) is 18.1 Å². The molecule has 8 heteroatoms. The molecular weight excluding hydrogens is 335 g/mol. The third-order valence-corrected chi connectivity index (χ3v) is 5.04. The molecule has 5 nitrogen and oxygen atoms in total. The number of hydrogen-bond donors (Lipinski definition) is 1. The van der Waals surface area contributed by atoms with E-state index >= 15 is 0 Å². The summed E-state index contributed by atoms with van der Waals surface area (Å²) in [5, 5.41) is 3.49. The Kier molecular flexibility index (Phi) is 5.14. The largest absolute Gasteiger partial charge is 0.325 e. The number of benzene rings is 1. The normalized spacial score (nSPS) is 15.2. The van der Waals surface area contributed by atoms with Crippen molar-refractivity contribution in [2.24, 2.45) is 0 Å².